The molecule has 0 spiro atoms. The summed E-state index contributed by atoms with van der Waals surface area (Å²) in [7, 11) is 3.04. The van der Waals surface area contributed by atoms with Gasteiger partial charge in [-0.05, 0) is 55.8 Å². The van der Waals surface area contributed by atoms with E-state index in [4.69, 9.17) is 30.8 Å². The van der Waals surface area contributed by atoms with E-state index in [1.165, 1.54) is 30.5 Å². The predicted molar refractivity (Wildman–Crippen MR) is 182 cm³/mol. The van der Waals surface area contributed by atoms with Gasteiger partial charge >= 0.3 is 0 Å². The van der Waals surface area contributed by atoms with Crippen molar-refractivity contribution in [3.8, 4) is 27.8 Å². The zero-order chi connectivity index (χ0) is 33.5. The summed E-state index contributed by atoms with van der Waals surface area (Å²) in [4.78, 5) is 50.3. The average Bonchev–Trinajstić information content (AvgIpc) is 3.72. The van der Waals surface area contributed by atoms with E-state index in [9.17, 15) is 14.4 Å². The quantitative estimate of drug-likeness (QED) is 0.211. The van der Waals surface area contributed by atoms with E-state index in [-0.39, 0.29) is 30.8 Å². The molecule has 1 atom stereocenters. The number of imidazole rings is 1. The van der Waals surface area contributed by atoms with Gasteiger partial charge in [0.15, 0.2) is 11.5 Å². The topological polar surface area (TPSA) is 115 Å². The van der Waals surface area contributed by atoms with Crippen molar-refractivity contribution in [2.75, 3.05) is 52.4 Å². The van der Waals surface area contributed by atoms with Crippen LogP contribution in [-0.4, -0.2) is 90.2 Å². The molecule has 1 aliphatic heterocycles. The molecule has 1 fully saturated rings. The van der Waals surface area contributed by atoms with E-state index in [1.807, 2.05) is 56.4 Å². The lowest BCUT2D eigenvalue weighted by atomic mass is 9.92. The number of carbonyl (C=O) groups excluding carboxylic acids is 3. The number of hydrogen-bond donors (Lipinski definition) is 1. The Labute approximate surface area is 283 Å². The van der Waals surface area contributed by atoms with Crippen LogP contribution in [0, 0.1) is 0 Å². The minimum atomic E-state index is -0.873. The van der Waals surface area contributed by atoms with Crippen molar-refractivity contribution >= 4 is 46.6 Å². The first kappa shape index (κ1) is 34.0. The minimum Gasteiger partial charge on any atom is -0.493 e. The molecule has 11 nitrogen and oxygen atoms in total. The number of halogens is 1. The monoisotopic (exact) mass is 679 g/mol. The molecule has 1 aliphatic rings. The van der Waals surface area contributed by atoms with Crippen LogP contribution in [0.15, 0.2) is 66.9 Å². The number of ether oxygens (including phenoxy) is 3. The van der Waals surface area contributed by atoms with Crippen LogP contribution in [-0.2, 0) is 19.1 Å². The molecule has 2 aromatic carbocycles. The van der Waals surface area contributed by atoms with E-state index < -0.39 is 11.8 Å². The molecular formula is C34H38ClN5O6S. The van der Waals surface area contributed by atoms with E-state index in [1.54, 1.807) is 33.7 Å². The van der Waals surface area contributed by atoms with Crippen LogP contribution in [0.2, 0.25) is 4.34 Å². The third-order valence-corrected chi connectivity index (χ3v) is 9.14. The van der Waals surface area contributed by atoms with Crippen LogP contribution in [0.25, 0.3) is 16.3 Å². The highest BCUT2D eigenvalue weighted by atomic mass is 35.5. The van der Waals surface area contributed by atoms with E-state index in [0.717, 1.165) is 10.6 Å². The molecule has 5 rings (SSSR count). The van der Waals surface area contributed by atoms with Crippen LogP contribution in [0.5, 0.6) is 11.5 Å². The Hall–Kier alpha value is -4.39. The second-order valence-electron chi connectivity index (χ2n) is 11.2. The van der Waals surface area contributed by atoms with Crippen molar-refractivity contribution in [1.29, 1.82) is 0 Å². The maximum absolute atomic E-state index is 14.4. The van der Waals surface area contributed by atoms with Gasteiger partial charge in [-0.3, -0.25) is 24.3 Å². The van der Waals surface area contributed by atoms with Gasteiger partial charge in [0.2, 0.25) is 23.7 Å². The number of amides is 3. The normalized spacial score (nSPS) is 13.7. The highest BCUT2D eigenvalue weighted by molar-refractivity contribution is 7.19. The molecule has 0 aliphatic carbocycles. The third kappa shape index (κ3) is 8.13. The number of para-hydroxylation sites is 1. The Morgan fingerprint density at radius 2 is 1.74 bits per heavy atom. The number of hydrogen-bond acceptors (Lipinski definition) is 8. The van der Waals surface area contributed by atoms with Gasteiger partial charge in [0.05, 0.1) is 42.6 Å². The zero-order valence-corrected chi connectivity index (χ0v) is 28.3. The summed E-state index contributed by atoms with van der Waals surface area (Å²) in [6, 6.07) is 18.0. The third-order valence-electron chi connectivity index (χ3n) is 7.89. The average molecular weight is 680 g/mol. The number of carbonyl (C=O) groups is 3. The molecule has 4 aromatic rings. The Morgan fingerprint density at radius 3 is 2.38 bits per heavy atom. The summed E-state index contributed by atoms with van der Waals surface area (Å²) in [5.74, 6) is -0.593. The van der Waals surface area contributed by atoms with Crippen molar-refractivity contribution in [2.45, 2.75) is 32.2 Å². The Kier molecular flexibility index (Phi) is 11.2. The predicted octanol–water partition coefficient (Wildman–Crippen LogP) is 5.48. The number of methoxy groups -OCH3 is 2. The van der Waals surface area contributed by atoms with E-state index >= 15 is 0 Å². The molecule has 1 N–H and O–H groups in total. The molecule has 13 heteroatoms. The molecule has 2 aromatic heterocycles. The maximum Gasteiger partial charge on any atom is 0.246 e. The van der Waals surface area contributed by atoms with Crippen LogP contribution in [0.1, 0.15) is 31.7 Å². The molecule has 0 bridgehead atoms. The van der Waals surface area contributed by atoms with Gasteiger partial charge < -0.3 is 24.0 Å². The maximum atomic E-state index is 14.4. The first-order chi connectivity index (χ1) is 22.7. The first-order valence-electron chi connectivity index (χ1n) is 15.3. The number of anilines is 1. The Balaban J connectivity index is 1.42. The molecule has 47 heavy (non-hydrogen) atoms. The lowest BCUT2D eigenvalue weighted by Crippen LogP contribution is -2.46. The molecule has 248 valence electrons. The number of benzene rings is 2. The number of aromatic nitrogens is 2. The second kappa shape index (κ2) is 15.5. The van der Waals surface area contributed by atoms with Crippen LogP contribution < -0.4 is 14.8 Å². The number of nitrogens with one attached hydrogen (secondary N) is 1. The highest BCUT2D eigenvalue weighted by Gasteiger charge is 2.33. The molecule has 3 amide bonds. The van der Waals surface area contributed by atoms with Gasteiger partial charge in [-0.2, -0.15) is 0 Å². The summed E-state index contributed by atoms with van der Waals surface area (Å²) in [6.45, 7) is 5.21. The van der Waals surface area contributed by atoms with Gasteiger partial charge in [0.1, 0.15) is 12.2 Å². The summed E-state index contributed by atoms with van der Waals surface area (Å²) >= 11 is 7.57. The highest BCUT2D eigenvalue weighted by Crippen LogP contribution is 2.34. The molecule has 1 unspecified atom stereocenters. The van der Waals surface area contributed by atoms with Gasteiger partial charge in [-0.25, -0.2) is 4.98 Å². The minimum absolute atomic E-state index is 0.0791. The van der Waals surface area contributed by atoms with Crippen LogP contribution in [0.3, 0.4) is 0 Å². The fourth-order valence-corrected chi connectivity index (χ4v) is 6.39. The smallest absolute Gasteiger partial charge is 0.246 e. The van der Waals surface area contributed by atoms with Crippen molar-refractivity contribution in [2.24, 2.45) is 0 Å². The van der Waals surface area contributed by atoms with Gasteiger partial charge in [-0.15, -0.1) is 11.3 Å². The molecule has 3 heterocycles. The van der Waals surface area contributed by atoms with Gasteiger partial charge in [0.25, 0.3) is 0 Å². The Bertz CT molecular complexity index is 1700. The summed E-state index contributed by atoms with van der Waals surface area (Å²) < 4.78 is 18.7. The van der Waals surface area contributed by atoms with E-state index in [0.29, 0.717) is 59.3 Å². The van der Waals surface area contributed by atoms with E-state index in [2.05, 4.69) is 5.32 Å². The molecule has 0 radical (unpaired) electrons. The summed E-state index contributed by atoms with van der Waals surface area (Å²) in [6.07, 6.45) is 1.76. The number of rotatable bonds is 12. The van der Waals surface area contributed by atoms with Crippen molar-refractivity contribution in [1.82, 2.24) is 19.4 Å². The number of morpholine rings is 1. The van der Waals surface area contributed by atoms with Gasteiger partial charge in [0, 0.05) is 37.4 Å². The summed E-state index contributed by atoms with van der Waals surface area (Å²) in [5.41, 5.74) is 2.03. The molecule has 1 saturated heterocycles. The standard InChI is InChI=1S/C34H38ClN5O6S/c1-22(2)39(21-31(41)37-34-36-26(29-12-13-30(35)47-29)20-40(34)24-8-6-5-7-9-24)33(43)25(19-32(42)38-14-16-46-17-15-38)23-10-11-27(44-3)28(18-23)45-4/h5-13,18,20,22,25H,14-17,19,21H2,1-4H3,(H,36,37,41). The fraction of sp³-hybridized carbons (Fsp3) is 0.353. The SMILES string of the molecule is COc1ccc(C(CC(=O)N2CCOCC2)C(=O)N(CC(=O)Nc2nc(-c3ccc(Cl)s3)cn2-c2ccccc2)C(C)C)cc1OC. The fourth-order valence-electron chi connectivity index (χ4n) is 5.39. The molecule has 0 saturated carbocycles. The van der Waals surface area contributed by atoms with Crippen molar-refractivity contribution in [3.05, 3.63) is 76.8 Å². The van der Waals surface area contributed by atoms with Gasteiger partial charge in [-0.1, -0.05) is 35.9 Å². The van der Waals surface area contributed by atoms with Crippen molar-refractivity contribution < 1.29 is 28.6 Å². The lowest BCUT2D eigenvalue weighted by molar-refractivity contribution is -0.142. The first-order valence-corrected chi connectivity index (χ1v) is 16.5. The van der Waals surface area contributed by atoms with Crippen LogP contribution >= 0.6 is 22.9 Å². The Morgan fingerprint density at radius 1 is 1.02 bits per heavy atom. The number of nitrogens with zero attached hydrogens (tertiary/aromatic N) is 4. The lowest BCUT2D eigenvalue weighted by Gasteiger charge is -2.32. The zero-order valence-electron chi connectivity index (χ0n) is 26.8. The largest absolute Gasteiger partial charge is 0.493 e. The van der Waals surface area contributed by atoms with Crippen molar-refractivity contribution in [3.63, 3.8) is 0 Å². The summed E-state index contributed by atoms with van der Waals surface area (Å²) in [5, 5.41) is 2.92. The molecular weight excluding hydrogens is 642 g/mol. The second-order valence-corrected chi connectivity index (χ2v) is 12.9. The van der Waals surface area contributed by atoms with Crippen LogP contribution in [0.4, 0.5) is 5.95 Å². The number of thiophene rings is 1.